The van der Waals surface area contributed by atoms with E-state index in [1.54, 1.807) is 55.7 Å². The number of nitrogens with zero attached hydrogens (tertiary/aromatic N) is 4. The number of ether oxygens (including phenoxy) is 2. The van der Waals surface area contributed by atoms with Crippen molar-refractivity contribution in [3.05, 3.63) is 101 Å². The zero-order valence-electron chi connectivity index (χ0n) is 18.9. The Bertz CT molecular complexity index is 1380. The highest BCUT2D eigenvalue weighted by Gasteiger charge is 2.22. The van der Waals surface area contributed by atoms with Crippen molar-refractivity contribution >= 4 is 11.5 Å². The molecule has 0 spiro atoms. The van der Waals surface area contributed by atoms with E-state index in [1.807, 2.05) is 6.07 Å². The molecule has 0 amide bonds. The van der Waals surface area contributed by atoms with E-state index in [0.717, 1.165) is 15.9 Å². The van der Waals surface area contributed by atoms with Crippen molar-refractivity contribution in [1.29, 1.82) is 5.41 Å². The summed E-state index contributed by atoms with van der Waals surface area (Å²) in [6.07, 6.45) is 4.70. The molecule has 4 rings (SSSR count). The van der Waals surface area contributed by atoms with Gasteiger partial charge in [-0.2, -0.15) is 0 Å². The zero-order valence-corrected chi connectivity index (χ0v) is 18.9. The van der Waals surface area contributed by atoms with E-state index in [0.29, 0.717) is 29.5 Å². The molecule has 5 N–H and O–H groups in total. The zero-order chi connectivity index (χ0) is 24.8. The van der Waals surface area contributed by atoms with Crippen molar-refractivity contribution in [1.82, 2.24) is 24.7 Å². The number of nitrogens with two attached hydrogens (primary N) is 1. The average molecular weight is 473 g/mol. The van der Waals surface area contributed by atoms with E-state index < -0.39 is 11.7 Å². The molecule has 178 valence electrons. The van der Waals surface area contributed by atoms with Crippen molar-refractivity contribution in [3.63, 3.8) is 0 Å². The normalized spacial score (nSPS) is 11.5. The Morgan fingerprint density at radius 1 is 1.23 bits per heavy atom. The number of aromatic amines is 1. The molecule has 11 heteroatoms. The Morgan fingerprint density at radius 3 is 2.63 bits per heavy atom. The molecule has 0 aliphatic carbocycles. The SMILES string of the molecule is C=CCOc1cc([C@H](Nc2ccc(C(=N)N)cc2)c2nn(-c3ncccn3)c(=O)[nH]2)ccc1OC. The van der Waals surface area contributed by atoms with Crippen LogP contribution in [0.25, 0.3) is 5.95 Å². The second-order valence-electron chi connectivity index (χ2n) is 7.35. The number of hydrogen-bond donors (Lipinski definition) is 4. The second kappa shape index (κ2) is 10.3. The van der Waals surface area contributed by atoms with Crippen LogP contribution in [0, 0.1) is 5.41 Å². The van der Waals surface area contributed by atoms with Gasteiger partial charge < -0.3 is 20.5 Å². The molecule has 0 unspecified atom stereocenters. The second-order valence-corrected chi connectivity index (χ2v) is 7.35. The lowest BCUT2D eigenvalue weighted by Gasteiger charge is -2.20. The highest BCUT2D eigenvalue weighted by molar-refractivity contribution is 5.95. The molecule has 0 aliphatic rings. The van der Waals surface area contributed by atoms with Gasteiger partial charge in [-0.05, 0) is 48.0 Å². The lowest BCUT2D eigenvalue weighted by molar-refractivity contribution is 0.326. The number of rotatable bonds is 10. The van der Waals surface area contributed by atoms with Gasteiger partial charge in [-0.15, -0.1) is 9.78 Å². The van der Waals surface area contributed by atoms with Crippen molar-refractivity contribution in [3.8, 4) is 17.4 Å². The first-order chi connectivity index (χ1) is 17.0. The Kier molecular flexibility index (Phi) is 6.86. The number of nitrogens with one attached hydrogen (secondary N) is 3. The monoisotopic (exact) mass is 472 g/mol. The fourth-order valence-corrected chi connectivity index (χ4v) is 3.36. The minimum atomic E-state index is -0.590. The summed E-state index contributed by atoms with van der Waals surface area (Å²) in [7, 11) is 1.56. The van der Waals surface area contributed by atoms with E-state index in [1.165, 1.54) is 12.4 Å². The molecule has 0 saturated heterocycles. The van der Waals surface area contributed by atoms with Gasteiger partial charge in [0.1, 0.15) is 18.5 Å². The quantitative estimate of drug-likeness (QED) is 0.156. The minimum Gasteiger partial charge on any atom is -0.493 e. The number of hydrogen-bond acceptors (Lipinski definition) is 8. The Hall–Kier alpha value is -4.93. The molecule has 0 radical (unpaired) electrons. The number of amidine groups is 1. The number of methoxy groups -OCH3 is 1. The number of H-pyrrole nitrogens is 1. The van der Waals surface area contributed by atoms with Crippen LogP contribution in [0.2, 0.25) is 0 Å². The number of anilines is 1. The molecule has 2 aromatic heterocycles. The van der Waals surface area contributed by atoms with Crippen LogP contribution in [0.3, 0.4) is 0 Å². The Balaban J connectivity index is 1.78. The molecule has 2 aromatic carbocycles. The molecular formula is C24H24N8O3. The van der Waals surface area contributed by atoms with Crippen LogP contribution in [0.4, 0.5) is 5.69 Å². The van der Waals surface area contributed by atoms with Crippen molar-refractivity contribution in [2.24, 2.45) is 5.73 Å². The highest BCUT2D eigenvalue weighted by Crippen LogP contribution is 2.33. The van der Waals surface area contributed by atoms with Crippen LogP contribution < -0.4 is 26.2 Å². The summed E-state index contributed by atoms with van der Waals surface area (Å²) in [4.78, 5) is 23.7. The van der Waals surface area contributed by atoms with Crippen LogP contribution in [-0.2, 0) is 0 Å². The summed E-state index contributed by atoms with van der Waals surface area (Å²) >= 11 is 0. The largest absolute Gasteiger partial charge is 0.493 e. The van der Waals surface area contributed by atoms with Crippen LogP contribution in [-0.4, -0.2) is 44.3 Å². The van der Waals surface area contributed by atoms with Gasteiger partial charge in [0.25, 0.3) is 5.95 Å². The third kappa shape index (κ3) is 5.19. The lowest BCUT2D eigenvalue weighted by atomic mass is 10.0. The van der Waals surface area contributed by atoms with Crippen LogP contribution >= 0.6 is 0 Å². The van der Waals surface area contributed by atoms with Gasteiger partial charge in [-0.1, -0.05) is 18.7 Å². The summed E-state index contributed by atoms with van der Waals surface area (Å²) in [5, 5.41) is 15.4. The van der Waals surface area contributed by atoms with Crippen molar-refractivity contribution in [2.45, 2.75) is 6.04 Å². The third-order valence-electron chi connectivity index (χ3n) is 5.03. The number of aromatic nitrogens is 5. The predicted molar refractivity (Wildman–Crippen MR) is 131 cm³/mol. The molecule has 0 fully saturated rings. The first-order valence-corrected chi connectivity index (χ1v) is 10.6. The highest BCUT2D eigenvalue weighted by atomic mass is 16.5. The van der Waals surface area contributed by atoms with Gasteiger partial charge in [0.2, 0.25) is 0 Å². The van der Waals surface area contributed by atoms with E-state index in [2.05, 4.69) is 31.9 Å². The lowest BCUT2D eigenvalue weighted by Crippen LogP contribution is -2.18. The maximum absolute atomic E-state index is 12.7. The summed E-state index contributed by atoms with van der Waals surface area (Å²) < 4.78 is 12.3. The maximum Gasteiger partial charge on any atom is 0.350 e. The topological polar surface area (TPSA) is 157 Å². The molecule has 0 bridgehead atoms. The van der Waals surface area contributed by atoms with Gasteiger partial charge in [0.05, 0.1) is 7.11 Å². The molecule has 11 nitrogen and oxygen atoms in total. The first-order valence-electron chi connectivity index (χ1n) is 10.6. The van der Waals surface area contributed by atoms with E-state index in [-0.39, 0.29) is 11.8 Å². The van der Waals surface area contributed by atoms with Gasteiger partial charge in [-0.3, -0.25) is 10.4 Å². The Morgan fingerprint density at radius 2 is 1.97 bits per heavy atom. The molecule has 35 heavy (non-hydrogen) atoms. The van der Waals surface area contributed by atoms with Crippen molar-refractivity contribution in [2.75, 3.05) is 19.0 Å². The summed E-state index contributed by atoms with van der Waals surface area (Å²) in [6.45, 7) is 3.98. The summed E-state index contributed by atoms with van der Waals surface area (Å²) in [5.41, 5.74) is 7.14. The summed E-state index contributed by atoms with van der Waals surface area (Å²) in [5.74, 6) is 1.51. The van der Waals surface area contributed by atoms with Gasteiger partial charge >= 0.3 is 5.69 Å². The molecule has 0 aliphatic heterocycles. The van der Waals surface area contributed by atoms with Gasteiger partial charge in [-0.25, -0.2) is 14.8 Å². The molecule has 0 saturated carbocycles. The number of nitrogen functional groups attached to an aromatic ring is 1. The molecule has 2 heterocycles. The molecular weight excluding hydrogens is 448 g/mol. The number of benzene rings is 2. The van der Waals surface area contributed by atoms with Gasteiger partial charge in [0, 0.05) is 23.6 Å². The molecule has 1 atom stereocenters. The van der Waals surface area contributed by atoms with E-state index >= 15 is 0 Å². The van der Waals surface area contributed by atoms with E-state index in [4.69, 9.17) is 20.6 Å². The van der Waals surface area contributed by atoms with Crippen molar-refractivity contribution < 1.29 is 9.47 Å². The summed E-state index contributed by atoms with van der Waals surface area (Å²) in [6, 6.07) is 13.5. The smallest absolute Gasteiger partial charge is 0.350 e. The molecule has 4 aromatic rings. The van der Waals surface area contributed by atoms with Gasteiger partial charge in [0.15, 0.2) is 17.3 Å². The predicted octanol–water partition coefficient (Wildman–Crippen LogP) is 2.41. The van der Waals surface area contributed by atoms with Crippen LogP contribution in [0.5, 0.6) is 11.5 Å². The maximum atomic E-state index is 12.7. The first kappa shape index (κ1) is 23.2. The minimum absolute atomic E-state index is 0.0294. The van der Waals surface area contributed by atoms with Crippen LogP contribution in [0.15, 0.2) is 78.4 Å². The van der Waals surface area contributed by atoms with Crippen LogP contribution in [0.1, 0.15) is 23.0 Å². The third-order valence-corrected chi connectivity index (χ3v) is 5.03. The fourth-order valence-electron chi connectivity index (χ4n) is 3.36. The standard InChI is InChI=1S/C24H24N8O3/c1-3-13-35-19-14-16(7-10-18(19)34-2)20(29-17-8-5-15(6-9-17)21(25)26)22-30-24(33)32(31-22)23-27-11-4-12-28-23/h3-12,14,20,29H,1,13H2,2H3,(H3,25,26)(H,30,31,33)/t20-/m0/s1. The Labute approximate surface area is 200 Å². The fraction of sp³-hybridized carbons (Fsp3) is 0.125. The van der Waals surface area contributed by atoms with E-state index in [9.17, 15) is 4.79 Å². The average Bonchev–Trinajstić information content (AvgIpc) is 3.27.